The Morgan fingerprint density at radius 3 is 1.69 bits per heavy atom. The Bertz CT molecular complexity index is 573. The molecule has 0 fully saturated rings. The van der Waals surface area contributed by atoms with E-state index in [0.717, 1.165) is 0 Å². The third-order valence-electron chi connectivity index (χ3n) is 1.58. The second-order valence-electron chi connectivity index (χ2n) is 2.72. The van der Waals surface area contributed by atoms with Crippen LogP contribution in [0.4, 0.5) is 11.6 Å². The molecule has 80 valence electrons. The number of aromatic amines is 2. The summed E-state index contributed by atoms with van der Waals surface area (Å²) in [4.78, 5) is 33.2. The van der Waals surface area contributed by atoms with E-state index in [2.05, 4.69) is 30.2 Å². The average Bonchev–Trinajstić information content (AvgIpc) is 2.27. The second kappa shape index (κ2) is 4.26. The molecule has 2 heterocycles. The number of rotatable bonds is 2. The lowest BCUT2D eigenvalue weighted by Crippen LogP contribution is -2.07. The van der Waals surface area contributed by atoms with Crippen LogP contribution in [0.1, 0.15) is 0 Å². The first kappa shape index (κ1) is 9.90. The number of aromatic nitrogens is 4. The van der Waals surface area contributed by atoms with Crippen LogP contribution >= 0.6 is 0 Å². The minimum absolute atomic E-state index is 0.248. The second-order valence-corrected chi connectivity index (χ2v) is 2.72. The van der Waals surface area contributed by atoms with Crippen molar-refractivity contribution in [3.8, 4) is 0 Å². The predicted octanol–water partition coefficient (Wildman–Crippen LogP) is 0.269. The molecule has 8 heteroatoms. The van der Waals surface area contributed by atoms with Gasteiger partial charge in [-0.3, -0.25) is 9.97 Å². The van der Waals surface area contributed by atoms with Gasteiger partial charge in [0.2, 0.25) is 0 Å². The SMILES string of the molecule is O=c1nccc(N=Nc2ccnc(=O)[nH]2)[nH]1. The van der Waals surface area contributed by atoms with Crippen molar-refractivity contribution in [2.45, 2.75) is 0 Å². The van der Waals surface area contributed by atoms with Crippen LogP contribution in [-0.2, 0) is 0 Å². The van der Waals surface area contributed by atoms with Crippen molar-refractivity contribution in [2.75, 3.05) is 0 Å². The maximum Gasteiger partial charge on any atom is 0.346 e. The normalized spacial score (nSPS) is 10.8. The van der Waals surface area contributed by atoms with Crippen LogP contribution in [0.25, 0.3) is 0 Å². The summed E-state index contributed by atoms with van der Waals surface area (Å²) in [6.45, 7) is 0. The van der Waals surface area contributed by atoms with Crippen LogP contribution in [0, 0.1) is 0 Å². The number of H-pyrrole nitrogens is 2. The van der Waals surface area contributed by atoms with Crippen LogP contribution in [-0.4, -0.2) is 19.9 Å². The monoisotopic (exact) mass is 218 g/mol. The van der Waals surface area contributed by atoms with Gasteiger partial charge in [-0.05, 0) is 0 Å². The fraction of sp³-hybridized carbons (Fsp3) is 0. The zero-order chi connectivity index (χ0) is 11.4. The maximum atomic E-state index is 10.8. The molecule has 2 aromatic rings. The molecule has 16 heavy (non-hydrogen) atoms. The molecular formula is C8H6N6O2. The third kappa shape index (κ3) is 2.44. The Hall–Kier alpha value is -2.64. The van der Waals surface area contributed by atoms with Crippen molar-refractivity contribution >= 4 is 11.6 Å². The summed E-state index contributed by atoms with van der Waals surface area (Å²) in [5.41, 5.74) is -1.03. The molecule has 0 radical (unpaired) electrons. The van der Waals surface area contributed by atoms with Gasteiger partial charge in [-0.2, -0.15) is 0 Å². The van der Waals surface area contributed by atoms with E-state index in [-0.39, 0.29) is 11.6 Å². The zero-order valence-electron chi connectivity index (χ0n) is 7.91. The molecular weight excluding hydrogens is 212 g/mol. The van der Waals surface area contributed by atoms with Crippen LogP contribution in [0.2, 0.25) is 0 Å². The third-order valence-corrected chi connectivity index (χ3v) is 1.58. The minimum Gasteiger partial charge on any atom is -0.289 e. The van der Waals surface area contributed by atoms with Crippen molar-refractivity contribution in [1.82, 2.24) is 19.9 Å². The number of nitrogens with zero attached hydrogens (tertiary/aromatic N) is 4. The van der Waals surface area contributed by atoms with Crippen LogP contribution < -0.4 is 11.4 Å². The van der Waals surface area contributed by atoms with Crippen molar-refractivity contribution in [3.63, 3.8) is 0 Å². The molecule has 0 atom stereocenters. The Morgan fingerprint density at radius 2 is 1.31 bits per heavy atom. The topological polar surface area (TPSA) is 116 Å². The van der Waals surface area contributed by atoms with Crippen molar-refractivity contribution < 1.29 is 0 Å². The molecule has 2 aromatic heterocycles. The Morgan fingerprint density at radius 1 is 0.875 bits per heavy atom. The van der Waals surface area contributed by atoms with E-state index in [1.807, 2.05) is 0 Å². The number of azo groups is 1. The van der Waals surface area contributed by atoms with E-state index in [1.54, 1.807) is 0 Å². The summed E-state index contributed by atoms with van der Waals surface area (Å²) in [5.74, 6) is 0.496. The lowest BCUT2D eigenvalue weighted by atomic mass is 10.6. The smallest absolute Gasteiger partial charge is 0.289 e. The van der Waals surface area contributed by atoms with Crippen molar-refractivity contribution in [1.29, 1.82) is 0 Å². The summed E-state index contributed by atoms with van der Waals surface area (Å²) in [6, 6.07) is 2.95. The van der Waals surface area contributed by atoms with E-state index < -0.39 is 11.4 Å². The van der Waals surface area contributed by atoms with Gasteiger partial charge < -0.3 is 0 Å². The van der Waals surface area contributed by atoms with Gasteiger partial charge in [-0.15, -0.1) is 10.2 Å². The highest BCUT2D eigenvalue weighted by atomic mass is 16.1. The molecule has 0 unspecified atom stereocenters. The number of nitrogens with one attached hydrogen (secondary N) is 2. The molecule has 8 nitrogen and oxygen atoms in total. The molecule has 0 aliphatic rings. The molecule has 0 aliphatic heterocycles. The highest BCUT2D eigenvalue weighted by Gasteiger charge is 1.92. The molecule has 0 bridgehead atoms. The Kier molecular flexibility index (Phi) is 2.63. The van der Waals surface area contributed by atoms with Gasteiger partial charge in [0.15, 0.2) is 11.6 Å². The summed E-state index contributed by atoms with van der Waals surface area (Å²) < 4.78 is 0. The first-order valence-corrected chi connectivity index (χ1v) is 4.26. The van der Waals surface area contributed by atoms with E-state index in [0.29, 0.717) is 0 Å². The van der Waals surface area contributed by atoms with Gasteiger partial charge in [0.05, 0.1) is 0 Å². The predicted molar refractivity (Wildman–Crippen MR) is 53.9 cm³/mol. The van der Waals surface area contributed by atoms with E-state index in [9.17, 15) is 9.59 Å². The van der Waals surface area contributed by atoms with Crippen LogP contribution in [0.15, 0.2) is 44.3 Å². The fourth-order valence-electron chi connectivity index (χ4n) is 0.943. The lowest BCUT2D eigenvalue weighted by molar-refractivity contribution is 1.01. The quantitative estimate of drug-likeness (QED) is 0.703. The van der Waals surface area contributed by atoms with Crippen LogP contribution in [0.5, 0.6) is 0 Å². The lowest BCUT2D eigenvalue weighted by Gasteiger charge is -1.91. The first-order valence-electron chi connectivity index (χ1n) is 4.26. The van der Waals surface area contributed by atoms with E-state index in [1.165, 1.54) is 24.5 Å². The van der Waals surface area contributed by atoms with Gasteiger partial charge in [-0.25, -0.2) is 19.6 Å². The summed E-state index contributed by atoms with van der Waals surface area (Å²) in [5, 5.41) is 7.42. The van der Waals surface area contributed by atoms with Gasteiger partial charge in [0, 0.05) is 24.5 Å². The summed E-state index contributed by atoms with van der Waals surface area (Å²) in [6.07, 6.45) is 2.62. The van der Waals surface area contributed by atoms with Gasteiger partial charge in [0.25, 0.3) is 0 Å². The molecule has 2 rings (SSSR count). The van der Waals surface area contributed by atoms with Crippen molar-refractivity contribution in [2.24, 2.45) is 10.2 Å². The molecule has 0 saturated heterocycles. The van der Waals surface area contributed by atoms with E-state index >= 15 is 0 Å². The maximum absolute atomic E-state index is 10.8. The molecule has 0 saturated carbocycles. The number of hydrogen-bond donors (Lipinski definition) is 2. The molecule has 0 aromatic carbocycles. The summed E-state index contributed by atoms with van der Waals surface area (Å²) in [7, 11) is 0. The molecule has 0 amide bonds. The summed E-state index contributed by atoms with van der Waals surface area (Å²) >= 11 is 0. The van der Waals surface area contributed by atoms with Crippen LogP contribution in [0.3, 0.4) is 0 Å². The fourth-order valence-corrected chi connectivity index (χ4v) is 0.943. The highest BCUT2D eigenvalue weighted by molar-refractivity contribution is 5.26. The minimum atomic E-state index is -0.514. The Labute approximate surface area is 88.1 Å². The van der Waals surface area contributed by atoms with Gasteiger partial charge >= 0.3 is 11.4 Å². The number of hydrogen-bond acceptors (Lipinski definition) is 6. The van der Waals surface area contributed by atoms with Gasteiger partial charge in [-0.1, -0.05) is 0 Å². The average molecular weight is 218 g/mol. The molecule has 2 N–H and O–H groups in total. The van der Waals surface area contributed by atoms with Crippen molar-refractivity contribution in [3.05, 3.63) is 45.5 Å². The highest BCUT2D eigenvalue weighted by Crippen LogP contribution is 2.09. The molecule has 0 aliphatic carbocycles. The standard InChI is InChI=1S/C8H6N6O2/c15-7-9-3-1-5(11-7)13-14-6-2-4-10-8(16)12-6/h1-4H,(H,9,11,15)(H,10,12,16). The molecule has 0 spiro atoms. The Balaban J connectivity index is 2.28. The zero-order valence-corrected chi connectivity index (χ0v) is 7.91. The van der Waals surface area contributed by atoms with E-state index in [4.69, 9.17) is 0 Å². The first-order chi connectivity index (χ1) is 7.74. The van der Waals surface area contributed by atoms with Gasteiger partial charge in [0.1, 0.15) is 0 Å². The largest absolute Gasteiger partial charge is 0.346 e.